The molecular formula is C26H24ClF3N4O3. The SMILES string of the molecule is C=N/C(=N\C=C/C)c1cccc(OC)c1C(=O)N1CC2CC23CC(Oc2ncc(C(F)(F)F)cc2Cl)C13. The van der Waals surface area contributed by atoms with E-state index in [1.807, 2.05) is 6.92 Å². The van der Waals surface area contributed by atoms with Crippen LogP contribution in [0.5, 0.6) is 11.6 Å². The number of amides is 1. The normalized spacial score (nSPS) is 26.4. The molecule has 2 saturated carbocycles. The van der Waals surface area contributed by atoms with Gasteiger partial charge in [0.15, 0.2) is 5.84 Å². The second-order valence-corrected chi connectivity index (χ2v) is 9.79. The third-order valence-electron chi connectivity index (χ3n) is 7.41. The predicted octanol–water partition coefficient (Wildman–Crippen LogP) is 5.43. The highest BCUT2D eigenvalue weighted by Gasteiger charge is 2.76. The fourth-order valence-corrected chi connectivity index (χ4v) is 5.87. The molecule has 2 aromatic rings. The van der Waals surface area contributed by atoms with E-state index in [-0.39, 0.29) is 34.1 Å². The number of hydrogen-bond acceptors (Lipinski definition) is 5. The van der Waals surface area contributed by atoms with Crippen LogP contribution in [-0.4, -0.2) is 54.1 Å². The second-order valence-electron chi connectivity index (χ2n) is 9.38. The fourth-order valence-electron chi connectivity index (χ4n) is 5.66. The summed E-state index contributed by atoms with van der Waals surface area (Å²) in [6.45, 7) is 5.95. The average molecular weight is 533 g/mol. The van der Waals surface area contributed by atoms with Crippen molar-refractivity contribution in [2.24, 2.45) is 21.3 Å². The number of methoxy groups -OCH3 is 1. The Labute approximate surface area is 216 Å². The molecule has 5 rings (SSSR count). The van der Waals surface area contributed by atoms with E-state index in [9.17, 15) is 18.0 Å². The first-order valence-corrected chi connectivity index (χ1v) is 12.1. The number of nitrogens with zero attached hydrogens (tertiary/aromatic N) is 4. The lowest BCUT2D eigenvalue weighted by Crippen LogP contribution is -2.59. The molecule has 2 heterocycles. The van der Waals surface area contributed by atoms with Gasteiger partial charge in [0.25, 0.3) is 5.91 Å². The first-order valence-electron chi connectivity index (χ1n) is 11.7. The number of likely N-dealkylation sites (tertiary alicyclic amines) is 1. The zero-order chi connectivity index (χ0) is 26.5. The molecule has 0 N–H and O–H groups in total. The maximum Gasteiger partial charge on any atom is 0.417 e. The zero-order valence-electron chi connectivity index (χ0n) is 20.1. The van der Waals surface area contributed by atoms with Crippen molar-refractivity contribution in [2.75, 3.05) is 13.7 Å². The number of amidine groups is 1. The maximum absolute atomic E-state index is 14.0. The van der Waals surface area contributed by atoms with Gasteiger partial charge >= 0.3 is 6.18 Å². The Hall–Kier alpha value is -3.40. The van der Waals surface area contributed by atoms with Crippen molar-refractivity contribution in [3.8, 4) is 11.6 Å². The number of allylic oxidation sites excluding steroid dienone is 1. The van der Waals surface area contributed by atoms with Crippen LogP contribution in [0.4, 0.5) is 13.2 Å². The lowest BCUT2D eigenvalue weighted by atomic mass is 9.73. The molecule has 1 aromatic heterocycles. The van der Waals surface area contributed by atoms with Gasteiger partial charge in [-0.05, 0) is 44.5 Å². The minimum atomic E-state index is -4.56. The van der Waals surface area contributed by atoms with Crippen LogP contribution in [0, 0.1) is 11.3 Å². The van der Waals surface area contributed by atoms with E-state index in [0.29, 0.717) is 42.0 Å². The molecule has 1 aliphatic heterocycles. The number of pyridine rings is 1. The number of hydrogen-bond donors (Lipinski definition) is 0. The van der Waals surface area contributed by atoms with Gasteiger partial charge in [-0.2, -0.15) is 13.2 Å². The maximum atomic E-state index is 14.0. The van der Waals surface area contributed by atoms with Crippen LogP contribution < -0.4 is 9.47 Å². The highest BCUT2D eigenvalue weighted by atomic mass is 35.5. The Bertz CT molecular complexity index is 1330. The largest absolute Gasteiger partial charge is 0.496 e. The van der Waals surface area contributed by atoms with Gasteiger partial charge in [-0.25, -0.2) is 15.0 Å². The molecule has 1 saturated heterocycles. The predicted molar refractivity (Wildman–Crippen MR) is 133 cm³/mol. The number of benzene rings is 1. The molecule has 4 atom stereocenters. The molecular weight excluding hydrogens is 509 g/mol. The van der Waals surface area contributed by atoms with Crippen molar-refractivity contribution >= 4 is 30.1 Å². The quantitative estimate of drug-likeness (QED) is 0.367. The van der Waals surface area contributed by atoms with Crippen LogP contribution in [0.2, 0.25) is 5.02 Å². The van der Waals surface area contributed by atoms with Crippen LogP contribution >= 0.6 is 11.6 Å². The summed E-state index contributed by atoms with van der Waals surface area (Å²) >= 11 is 6.08. The van der Waals surface area contributed by atoms with Crippen LogP contribution in [0.3, 0.4) is 0 Å². The molecule has 4 unspecified atom stereocenters. The summed E-state index contributed by atoms with van der Waals surface area (Å²) in [6, 6.07) is 5.71. The number of carbonyl (C=O) groups excluding carboxylic acids is 1. The molecule has 0 radical (unpaired) electrons. The van der Waals surface area contributed by atoms with Gasteiger partial charge in [-0.1, -0.05) is 29.8 Å². The van der Waals surface area contributed by atoms with Gasteiger partial charge in [0.2, 0.25) is 5.88 Å². The van der Waals surface area contributed by atoms with Gasteiger partial charge in [-0.15, -0.1) is 0 Å². The summed E-state index contributed by atoms with van der Waals surface area (Å²) < 4.78 is 50.5. The molecule has 7 nitrogen and oxygen atoms in total. The Balaban J connectivity index is 1.45. The van der Waals surface area contributed by atoms with Crippen LogP contribution in [0.1, 0.15) is 41.3 Å². The molecule has 3 aliphatic rings. The van der Waals surface area contributed by atoms with Gasteiger partial charge in [0.05, 0.1) is 24.3 Å². The molecule has 2 aliphatic carbocycles. The number of aliphatic imine (C=N–C) groups is 2. The highest BCUT2D eigenvalue weighted by Crippen LogP contribution is 2.71. The molecule has 1 aromatic carbocycles. The zero-order valence-corrected chi connectivity index (χ0v) is 20.9. The number of alkyl halides is 3. The Morgan fingerprint density at radius 1 is 1.35 bits per heavy atom. The van der Waals surface area contributed by atoms with Gasteiger partial charge < -0.3 is 14.4 Å². The van der Waals surface area contributed by atoms with Crippen molar-refractivity contribution in [1.82, 2.24) is 9.88 Å². The lowest BCUT2D eigenvalue weighted by Gasteiger charge is -2.47. The number of rotatable bonds is 6. The van der Waals surface area contributed by atoms with Crippen molar-refractivity contribution in [3.05, 3.63) is 64.5 Å². The average Bonchev–Trinajstić information content (AvgIpc) is 3.52. The first kappa shape index (κ1) is 25.3. The van der Waals surface area contributed by atoms with Gasteiger partial charge in [0, 0.05) is 29.9 Å². The Kier molecular flexibility index (Phi) is 6.26. The van der Waals surface area contributed by atoms with E-state index in [4.69, 9.17) is 21.1 Å². The van der Waals surface area contributed by atoms with Crippen LogP contribution in [0.15, 0.2) is 52.7 Å². The summed E-state index contributed by atoms with van der Waals surface area (Å²) in [4.78, 5) is 27.9. The minimum absolute atomic E-state index is 0.0561. The van der Waals surface area contributed by atoms with Crippen molar-refractivity contribution in [2.45, 2.75) is 38.1 Å². The number of piperidine rings is 1. The molecule has 1 spiro atoms. The molecule has 1 amide bonds. The molecule has 11 heteroatoms. The van der Waals surface area contributed by atoms with E-state index in [0.717, 1.165) is 12.5 Å². The van der Waals surface area contributed by atoms with E-state index >= 15 is 0 Å². The third kappa shape index (κ3) is 4.17. The van der Waals surface area contributed by atoms with Crippen LogP contribution in [-0.2, 0) is 6.18 Å². The highest BCUT2D eigenvalue weighted by molar-refractivity contribution is 6.31. The number of ether oxygens (including phenoxy) is 2. The second kappa shape index (κ2) is 9.16. The molecule has 194 valence electrons. The topological polar surface area (TPSA) is 76.4 Å². The standard InChI is InChI=1S/C26H24ClF3N4O3/c1-4-8-32-22(31-2)16-6-5-7-18(36-3)20(16)24(35)34-13-15-10-25(15)11-19(21(25)34)37-23-17(27)9-14(12-33-23)26(28,29)30/h4-9,12,15,19,21H,2,10-11,13H2,1,3H3/b8-4-,32-22-. The number of aromatic nitrogens is 1. The summed E-state index contributed by atoms with van der Waals surface area (Å²) in [5.74, 6) is 0.644. The van der Waals surface area contributed by atoms with Crippen molar-refractivity contribution in [1.29, 1.82) is 0 Å². The summed E-state index contributed by atoms with van der Waals surface area (Å²) in [5.41, 5.74) is -0.214. The summed E-state index contributed by atoms with van der Waals surface area (Å²) in [7, 11) is 1.48. The van der Waals surface area contributed by atoms with E-state index < -0.39 is 17.8 Å². The summed E-state index contributed by atoms with van der Waals surface area (Å²) in [6.07, 6.45) is 0.624. The molecule has 37 heavy (non-hydrogen) atoms. The number of halogens is 4. The summed E-state index contributed by atoms with van der Waals surface area (Å²) in [5, 5.41) is -0.229. The van der Waals surface area contributed by atoms with E-state index in [2.05, 4.69) is 21.7 Å². The van der Waals surface area contributed by atoms with Crippen molar-refractivity contribution < 1.29 is 27.4 Å². The minimum Gasteiger partial charge on any atom is -0.496 e. The Morgan fingerprint density at radius 2 is 2.14 bits per heavy atom. The first-order chi connectivity index (χ1) is 17.6. The van der Waals surface area contributed by atoms with Crippen molar-refractivity contribution in [3.63, 3.8) is 0 Å². The van der Waals surface area contributed by atoms with E-state index in [1.54, 1.807) is 35.4 Å². The van der Waals surface area contributed by atoms with Gasteiger partial charge in [-0.3, -0.25) is 4.79 Å². The van der Waals surface area contributed by atoms with Crippen LogP contribution in [0.25, 0.3) is 0 Å². The molecule has 0 bridgehead atoms. The van der Waals surface area contributed by atoms with E-state index in [1.165, 1.54) is 7.11 Å². The fraction of sp³-hybridized carbons (Fsp3) is 0.385. The Morgan fingerprint density at radius 3 is 2.78 bits per heavy atom. The monoisotopic (exact) mass is 532 g/mol. The van der Waals surface area contributed by atoms with Gasteiger partial charge in [0.1, 0.15) is 16.9 Å². The smallest absolute Gasteiger partial charge is 0.417 e. The third-order valence-corrected chi connectivity index (χ3v) is 7.68. The lowest BCUT2D eigenvalue weighted by molar-refractivity contribution is -0.137. The number of carbonyl (C=O) groups is 1. The molecule has 3 fully saturated rings.